The van der Waals surface area contributed by atoms with Crippen LogP contribution in [0.15, 0.2) is 30.3 Å². The molecule has 0 spiro atoms. The molecule has 0 bridgehead atoms. The van der Waals surface area contributed by atoms with Crippen LogP contribution in [-0.4, -0.2) is 47.1 Å². The molecule has 5 N–H and O–H groups in total. The molecule has 19 heavy (non-hydrogen) atoms. The van der Waals surface area contributed by atoms with Crippen LogP contribution in [0.2, 0.25) is 0 Å². The summed E-state index contributed by atoms with van der Waals surface area (Å²) < 4.78 is 5.12. The second-order valence-corrected chi connectivity index (χ2v) is 4.62. The van der Waals surface area contributed by atoms with Crippen LogP contribution >= 0.6 is 0 Å². The van der Waals surface area contributed by atoms with Crippen LogP contribution in [0.3, 0.4) is 0 Å². The van der Waals surface area contributed by atoms with Gasteiger partial charge in [0.2, 0.25) is 0 Å². The molecular weight excluding hydrogens is 248 g/mol. The molecule has 1 saturated heterocycles. The minimum Gasteiger partial charge on any atom is -0.387 e. The van der Waals surface area contributed by atoms with E-state index in [1.165, 1.54) is 0 Å². The van der Waals surface area contributed by atoms with E-state index in [1.807, 2.05) is 30.3 Å². The summed E-state index contributed by atoms with van der Waals surface area (Å²) >= 11 is 0. The van der Waals surface area contributed by atoms with Crippen molar-refractivity contribution in [2.75, 3.05) is 13.2 Å². The smallest absolute Gasteiger partial charge is 0.257 e. The third kappa shape index (κ3) is 2.76. The summed E-state index contributed by atoms with van der Waals surface area (Å²) in [4.78, 5) is 12.0. The van der Waals surface area contributed by atoms with Crippen molar-refractivity contribution in [3.8, 4) is 0 Å². The van der Waals surface area contributed by atoms with Gasteiger partial charge in [-0.2, -0.15) is 0 Å². The quantitative estimate of drug-likeness (QED) is 0.545. The van der Waals surface area contributed by atoms with E-state index in [0.29, 0.717) is 0 Å². The summed E-state index contributed by atoms with van der Waals surface area (Å²) in [6, 6.07) is 9.30. The Labute approximate surface area is 111 Å². The summed E-state index contributed by atoms with van der Waals surface area (Å²) in [7, 11) is 0. The first-order valence-electron chi connectivity index (χ1n) is 6.12. The molecule has 1 aromatic rings. The lowest BCUT2D eigenvalue weighted by Crippen LogP contribution is -2.56. The maximum Gasteiger partial charge on any atom is 0.257 e. The van der Waals surface area contributed by atoms with Crippen molar-refractivity contribution in [2.45, 2.75) is 24.4 Å². The van der Waals surface area contributed by atoms with E-state index < -0.39 is 23.7 Å². The summed E-state index contributed by atoms with van der Waals surface area (Å²) in [6.07, 6.45) is -2.03. The predicted molar refractivity (Wildman–Crippen MR) is 68.0 cm³/mol. The molecule has 0 aliphatic carbocycles. The molecule has 6 heteroatoms. The van der Waals surface area contributed by atoms with Gasteiger partial charge < -0.3 is 26.0 Å². The van der Waals surface area contributed by atoms with Crippen molar-refractivity contribution in [2.24, 2.45) is 5.73 Å². The molecular formula is C13H18N2O4. The Balaban J connectivity index is 1.96. The number of benzene rings is 1. The lowest BCUT2D eigenvalue weighted by Gasteiger charge is -2.24. The first-order chi connectivity index (χ1) is 9.08. The number of nitrogens with one attached hydrogen (secondary N) is 1. The molecule has 0 aromatic heterocycles. The Morgan fingerprint density at radius 3 is 2.74 bits per heavy atom. The first-order valence-corrected chi connectivity index (χ1v) is 6.12. The summed E-state index contributed by atoms with van der Waals surface area (Å²) in [6.45, 7) is 0.0775. The van der Waals surface area contributed by atoms with Crippen LogP contribution in [0.5, 0.6) is 0 Å². The second kappa shape index (κ2) is 5.66. The molecule has 0 unspecified atom stereocenters. The largest absolute Gasteiger partial charge is 0.387 e. The van der Waals surface area contributed by atoms with Gasteiger partial charge in [0.1, 0.15) is 6.10 Å². The topological polar surface area (TPSA) is 105 Å². The van der Waals surface area contributed by atoms with Crippen LogP contribution in [0.25, 0.3) is 0 Å². The zero-order chi connectivity index (χ0) is 13.9. The van der Waals surface area contributed by atoms with Crippen LogP contribution in [-0.2, 0) is 16.1 Å². The molecule has 1 aliphatic heterocycles. The highest BCUT2D eigenvalue weighted by atomic mass is 16.5. The number of hydrogen-bond donors (Lipinski definition) is 4. The third-order valence-electron chi connectivity index (χ3n) is 3.28. The van der Waals surface area contributed by atoms with Crippen molar-refractivity contribution >= 4 is 5.91 Å². The maximum atomic E-state index is 12.0. The van der Waals surface area contributed by atoms with Crippen LogP contribution in [0.1, 0.15) is 5.56 Å². The van der Waals surface area contributed by atoms with Gasteiger partial charge in [0.05, 0.1) is 12.7 Å². The van der Waals surface area contributed by atoms with Crippen molar-refractivity contribution in [1.29, 1.82) is 0 Å². The monoisotopic (exact) mass is 266 g/mol. The lowest BCUT2D eigenvalue weighted by atomic mass is 9.95. The van der Waals surface area contributed by atoms with Gasteiger partial charge in [0.15, 0.2) is 5.60 Å². The molecule has 1 aliphatic rings. The van der Waals surface area contributed by atoms with E-state index in [0.717, 1.165) is 5.56 Å². The second-order valence-electron chi connectivity index (χ2n) is 4.62. The van der Waals surface area contributed by atoms with E-state index in [4.69, 9.17) is 10.5 Å². The molecule has 6 nitrogen and oxygen atoms in total. The molecule has 104 valence electrons. The SMILES string of the molecule is NC[C@@H]1OC[C@](O)(C(=O)NCc2ccccc2)[C@@H]1O. The van der Waals surface area contributed by atoms with Crippen molar-refractivity contribution in [3.63, 3.8) is 0 Å². The Bertz CT molecular complexity index is 440. The standard InChI is InChI=1S/C13H18N2O4/c14-6-10-11(16)13(18,8-19-10)12(17)15-7-9-4-2-1-3-5-9/h1-5,10-11,16,18H,6-8,14H2,(H,15,17)/t10-,11+,13+/m0/s1. The molecule has 0 saturated carbocycles. The molecule has 2 rings (SSSR count). The van der Waals surface area contributed by atoms with Gasteiger partial charge in [0.25, 0.3) is 5.91 Å². The van der Waals surface area contributed by atoms with Crippen LogP contribution < -0.4 is 11.1 Å². The number of nitrogens with two attached hydrogens (primary N) is 1. The molecule has 0 radical (unpaired) electrons. The number of ether oxygens (including phenoxy) is 1. The molecule has 1 aromatic carbocycles. The molecule has 1 amide bonds. The number of aliphatic hydroxyl groups excluding tert-OH is 1. The lowest BCUT2D eigenvalue weighted by molar-refractivity contribution is -0.148. The fourth-order valence-corrected chi connectivity index (χ4v) is 2.05. The number of carbonyl (C=O) groups is 1. The van der Waals surface area contributed by atoms with Gasteiger partial charge in [0, 0.05) is 13.1 Å². The first kappa shape index (κ1) is 14.0. The van der Waals surface area contributed by atoms with E-state index in [-0.39, 0.29) is 19.7 Å². The van der Waals surface area contributed by atoms with Crippen molar-refractivity contribution in [3.05, 3.63) is 35.9 Å². The van der Waals surface area contributed by atoms with Gasteiger partial charge in [-0.05, 0) is 5.56 Å². The van der Waals surface area contributed by atoms with Crippen molar-refractivity contribution < 1.29 is 19.7 Å². The summed E-state index contributed by atoms with van der Waals surface area (Å²) in [5, 5.41) is 22.6. The maximum absolute atomic E-state index is 12.0. The van der Waals surface area contributed by atoms with Gasteiger partial charge in [-0.15, -0.1) is 0 Å². The van der Waals surface area contributed by atoms with E-state index in [1.54, 1.807) is 0 Å². The highest BCUT2D eigenvalue weighted by molar-refractivity contribution is 5.86. The van der Waals surface area contributed by atoms with Gasteiger partial charge in [-0.25, -0.2) is 0 Å². The van der Waals surface area contributed by atoms with E-state index in [9.17, 15) is 15.0 Å². The minimum absolute atomic E-state index is 0.0510. The average Bonchev–Trinajstić information content (AvgIpc) is 2.74. The summed E-state index contributed by atoms with van der Waals surface area (Å²) in [5.41, 5.74) is 4.36. The highest BCUT2D eigenvalue weighted by Gasteiger charge is 2.52. The summed E-state index contributed by atoms with van der Waals surface area (Å²) in [5.74, 6) is -0.653. The van der Waals surface area contributed by atoms with Crippen molar-refractivity contribution in [1.82, 2.24) is 5.32 Å². The number of carbonyl (C=O) groups excluding carboxylic acids is 1. The Hall–Kier alpha value is -1.47. The predicted octanol–water partition coefficient (Wildman–Crippen LogP) is -1.25. The zero-order valence-corrected chi connectivity index (χ0v) is 10.5. The Morgan fingerprint density at radius 2 is 2.16 bits per heavy atom. The zero-order valence-electron chi connectivity index (χ0n) is 10.5. The third-order valence-corrected chi connectivity index (χ3v) is 3.28. The average molecular weight is 266 g/mol. The number of amides is 1. The number of rotatable bonds is 4. The number of aliphatic hydroxyl groups is 2. The molecule has 1 fully saturated rings. The van der Waals surface area contributed by atoms with Gasteiger partial charge in [-0.3, -0.25) is 4.79 Å². The Kier molecular flexibility index (Phi) is 4.16. The highest BCUT2D eigenvalue weighted by Crippen LogP contribution is 2.24. The van der Waals surface area contributed by atoms with Gasteiger partial charge in [-0.1, -0.05) is 30.3 Å². The van der Waals surface area contributed by atoms with E-state index in [2.05, 4.69) is 5.32 Å². The normalized spacial score (nSPS) is 30.3. The molecule has 1 heterocycles. The molecule has 3 atom stereocenters. The minimum atomic E-state index is -1.93. The fraction of sp³-hybridized carbons (Fsp3) is 0.462. The van der Waals surface area contributed by atoms with E-state index >= 15 is 0 Å². The Morgan fingerprint density at radius 1 is 1.47 bits per heavy atom. The number of hydrogen-bond acceptors (Lipinski definition) is 5. The van der Waals surface area contributed by atoms with Crippen LogP contribution in [0.4, 0.5) is 0 Å². The fourth-order valence-electron chi connectivity index (χ4n) is 2.05. The van der Waals surface area contributed by atoms with Gasteiger partial charge >= 0.3 is 0 Å². The van der Waals surface area contributed by atoms with Crippen LogP contribution in [0, 0.1) is 0 Å².